The van der Waals surface area contributed by atoms with Crippen LogP contribution in [0.3, 0.4) is 0 Å². The minimum absolute atomic E-state index is 0.0234. The molecule has 0 bridgehead atoms. The van der Waals surface area contributed by atoms with Gasteiger partial charge in [-0.15, -0.1) is 0 Å². The molecule has 9 rings (SSSR count). The van der Waals surface area contributed by atoms with Crippen molar-refractivity contribution in [2.24, 2.45) is 11.8 Å². The van der Waals surface area contributed by atoms with Crippen LogP contribution in [0.4, 0.5) is 14.5 Å². The number of amides is 5. The SMILES string of the molecule is CNCC(C)(C=N)c1cc2c(cc1C(F)F)N(C1(C)NN(C3CCN(CCN4CCC(CCc5cccc6c5C(=O)N(C5CCC(=O)NC5=O)C6=O)CC4)CC3)C3CCN(C(C)=O)CC31)CCC2. The summed E-state index contributed by atoms with van der Waals surface area (Å²) < 4.78 is 30.0. The number of benzene rings is 2. The predicted octanol–water partition coefficient (Wildman–Crippen LogP) is 4.49. The van der Waals surface area contributed by atoms with Crippen molar-refractivity contribution < 1.29 is 32.8 Å². The third kappa shape index (κ3) is 9.01. The summed E-state index contributed by atoms with van der Waals surface area (Å²) in [7, 11) is 1.78. The quantitative estimate of drug-likeness (QED) is 0.156. The first kappa shape index (κ1) is 48.3. The average Bonchev–Trinajstić information content (AvgIpc) is 3.78. The number of hydrazine groups is 1. The number of nitrogens with zero attached hydrogens (tertiary/aromatic N) is 6. The number of carbonyl (C=O) groups excluding carboxylic acids is 5. The zero-order valence-electron chi connectivity index (χ0n) is 40.3. The fourth-order valence-corrected chi connectivity index (χ4v) is 12.9. The summed E-state index contributed by atoms with van der Waals surface area (Å²) in [4.78, 5) is 74.6. The summed E-state index contributed by atoms with van der Waals surface area (Å²) in [6.45, 7) is 14.1. The molecule has 7 aliphatic rings. The van der Waals surface area contributed by atoms with E-state index in [2.05, 4.69) is 42.7 Å². The number of likely N-dealkylation sites (tertiary alicyclic amines) is 3. The molecule has 2 aromatic carbocycles. The molecule has 7 heterocycles. The van der Waals surface area contributed by atoms with Gasteiger partial charge < -0.3 is 30.3 Å². The second-order valence-electron chi connectivity index (χ2n) is 21.0. The highest BCUT2D eigenvalue weighted by Crippen LogP contribution is 2.47. The van der Waals surface area contributed by atoms with Crippen molar-refractivity contribution in [3.63, 3.8) is 0 Å². The van der Waals surface area contributed by atoms with E-state index in [4.69, 9.17) is 5.41 Å². The van der Waals surface area contributed by atoms with Crippen LogP contribution in [0.15, 0.2) is 30.3 Å². The molecule has 0 aromatic heterocycles. The van der Waals surface area contributed by atoms with Crippen LogP contribution in [0.25, 0.3) is 0 Å². The fourth-order valence-electron chi connectivity index (χ4n) is 12.9. The molecule has 5 saturated heterocycles. The average molecular weight is 941 g/mol. The molecule has 7 aliphatic heterocycles. The van der Waals surface area contributed by atoms with Crippen molar-refractivity contribution in [1.82, 2.24) is 40.7 Å². The summed E-state index contributed by atoms with van der Waals surface area (Å²) in [5.74, 6) is -1.26. The van der Waals surface area contributed by atoms with Crippen LogP contribution in [-0.4, -0.2) is 157 Å². The summed E-state index contributed by atoms with van der Waals surface area (Å²) in [5, 5.41) is 16.1. The number of fused-ring (bicyclic) bond motifs is 3. The molecule has 4 N–H and O–H groups in total. The van der Waals surface area contributed by atoms with Gasteiger partial charge in [0, 0.05) is 93.5 Å². The van der Waals surface area contributed by atoms with Gasteiger partial charge in [0.05, 0.1) is 11.1 Å². The number of likely N-dealkylation sites (N-methyl/N-ethyl adjacent to an activating group) is 1. The van der Waals surface area contributed by atoms with Crippen molar-refractivity contribution in [3.05, 3.63) is 63.7 Å². The Morgan fingerprint density at radius 3 is 2.34 bits per heavy atom. The maximum absolute atomic E-state index is 15.0. The Hall–Kier alpha value is -4.68. The van der Waals surface area contributed by atoms with Gasteiger partial charge in [-0.05, 0) is 146 Å². The van der Waals surface area contributed by atoms with Gasteiger partial charge in [-0.2, -0.15) is 0 Å². The van der Waals surface area contributed by atoms with Gasteiger partial charge in [-0.25, -0.2) is 19.2 Å². The van der Waals surface area contributed by atoms with Crippen molar-refractivity contribution >= 4 is 41.4 Å². The monoisotopic (exact) mass is 941 g/mol. The van der Waals surface area contributed by atoms with Gasteiger partial charge in [0.2, 0.25) is 17.7 Å². The Morgan fingerprint density at radius 2 is 1.68 bits per heavy atom. The molecule has 2 aromatic rings. The normalized spacial score (nSPS) is 27.6. The van der Waals surface area contributed by atoms with Gasteiger partial charge in [0.25, 0.3) is 18.2 Å². The van der Waals surface area contributed by atoms with E-state index in [-0.39, 0.29) is 42.2 Å². The highest BCUT2D eigenvalue weighted by atomic mass is 19.3. The molecule has 68 heavy (non-hydrogen) atoms. The minimum atomic E-state index is -2.69. The molecule has 15 nitrogen and oxygen atoms in total. The van der Waals surface area contributed by atoms with Crippen molar-refractivity contribution in [2.75, 3.05) is 77.4 Å². The maximum Gasteiger partial charge on any atom is 0.264 e. The lowest BCUT2D eigenvalue weighted by molar-refractivity contribution is -0.136. The molecule has 17 heteroatoms. The molecular weight excluding hydrogens is 871 g/mol. The molecular formula is C51H70F2N10O5. The predicted molar refractivity (Wildman–Crippen MR) is 255 cm³/mol. The Balaban J connectivity index is 0.796. The smallest absolute Gasteiger partial charge is 0.264 e. The number of hydrogen-bond donors (Lipinski definition) is 4. The van der Waals surface area contributed by atoms with Crippen molar-refractivity contribution in [3.8, 4) is 0 Å². The first-order valence-corrected chi connectivity index (χ1v) is 25.1. The van der Waals surface area contributed by atoms with E-state index >= 15 is 8.78 Å². The lowest BCUT2D eigenvalue weighted by Gasteiger charge is -2.49. The third-order valence-corrected chi connectivity index (χ3v) is 16.9. The Morgan fingerprint density at radius 1 is 0.956 bits per heavy atom. The number of nitrogens with one attached hydrogen (secondary N) is 4. The standard InChI is InChI=1S/C51H70F2N10O5/c1-32(64)60-24-18-41-40(29-60)51(3,61-19-6-8-35-27-39(50(2,30-54)31-55-4)38(46(52)53)28-43(35)61)57-63(41)36-16-22-59(23-17-36)26-25-58-20-14-33(15-21-58)10-11-34-7-5-9-37-45(34)49(68)62(48(37)67)42-12-13-44(65)56-47(42)66/h5,7,9,27-28,30,33,36,40-42,46,54-55,57H,6,8,10-26,29,31H2,1-4H3,(H,56,65,66). The van der Waals surface area contributed by atoms with E-state index in [1.54, 1.807) is 26.1 Å². The van der Waals surface area contributed by atoms with E-state index in [0.717, 1.165) is 112 Å². The molecule has 0 spiro atoms. The second kappa shape index (κ2) is 19.6. The largest absolute Gasteiger partial charge is 0.352 e. The van der Waals surface area contributed by atoms with E-state index in [1.807, 2.05) is 30.0 Å². The number of rotatable bonds is 14. The lowest BCUT2D eigenvalue weighted by Crippen LogP contribution is -2.63. The van der Waals surface area contributed by atoms with Crippen LogP contribution in [0, 0.1) is 17.2 Å². The van der Waals surface area contributed by atoms with E-state index in [9.17, 15) is 24.0 Å². The first-order chi connectivity index (χ1) is 32.6. The van der Waals surface area contributed by atoms with Crippen molar-refractivity contribution in [1.29, 1.82) is 5.41 Å². The summed E-state index contributed by atoms with van der Waals surface area (Å²) >= 11 is 0. The van der Waals surface area contributed by atoms with Crippen LogP contribution in [0.2, 0.25) is 0 Å². The van der Waals surface area contributed by atoms with Gasteiger partial charge in [0.15, 0.2) is 0 Å². The molecule has 0 aliphatic carbocycles. The Labute approximate surface area is 399 Å². The molecule has 0 saturated carbocycles. The number of anilines is 1. The third-order valence-electron chi connectivity index (χ3n) is 16.9. The number of aryl methyl sites for hydroxylation is 2. The van der Waals surface area contributed by atoms with Crippen LogP contribution in [-0.2, 0) is 32.6 Å². The fraction of sp³-hybridized carbons (Fsp3) is 0.647. The number of hydrogen-bond acceptors (Lipinski definition) is 12. The first-order valence-electron chi connectivity index (χ1n) is 25.1. The molecule has 5 atom stereocenters. The van der Waals surface area contributed by atoms with E-state index < -0.39 is 41.3 Å². The summed E-state index contributed by atoms with van der Waals surface area (Å²) in [6, 6.07) is 8.56. The molecule has 5 unspecified atom stereocenters. The molecule has 5 amide bonds. The minimum Gasteiger partial charge on any atom is -0.352 e. The lowest BCUT2D eigenvalue weighted by atomic mass is 9.77. The number of imide groups is 2. The summed E-state index contributed by atoms with van der Waals surface area (Å²) in [5.41, 5.74) is 6.47. The Bertz CT molecular complexity index is 2300. The van der Waals surface area contributed by atoms with Crippen molar-refractivity contribution in [2.45, 2.75) is 127 Å². The molecule has 0 radical (unpaired) electrons. The van der Waals surface area contributed by atoms with Gasteiger partial charge >= 0.3 is 0 Å². The highest BCUT2D eigenvalue weighted by Gasteiger charge is 2.57. The zero-order chi connectivity index (χ0) is 48.1. The summed E-state index contributed by atoms with van der Waals surface area (Å²) in [6.07, 6.45) is 7.09. The van der Waals surface area contributed by atoms with Crippen LogP contribution >= 0.6 is 0 Å². The van der Waals surface area contributed by atoms with Gasteiger partial charge in [0.1, 0.15) is 11.7 Å². The highest BCUT2D eigenvalue weighted by molar-refractivity contribution is 6.24. The van der Waals surface area contributed by atoms with E-state index in [1.165, 1.54) is 6.21 Å². The topological polar surface area (TPSA) is 165 Å². The van der Waals surface area contributed by atoms with Crippen LogP contribution in [0.1, 0.15) is 128 Å². The number of alkyl halides is 2. The second-order valence-corrected chi connectivity index (χ2v) is 21.0. The number of carbonyl (C=O) groups is 5. The van der Waals surface area contributed by atoms with E-state index in [0.29, 0.717) is 61.2 Å². The van der Waals surface area contributed by atoms with Crippen LogP contribution in [0.5, 0.6) is 0 Å². The van der Waals surface area contributed by atoms with Crippen LogP contribution < -0.4 is 21.0 Å². The zero-order valence-corrected chi connectivity index (χ0v) is 40.3. The molecule has 368 valence electrons. The maximum atomic E-state index is 15.0. The number of halogens is 2. The van der Waals surface area contributed by atoms with Gasteiger partial charge in [-0.1, -0.05) is 18.2 Å². The Kier molecular flexibility index (Phi) is 13.9. The van der Waals surface area contributed by atoms with Gasteiger partial charge in [-0.3, -0.25) is 34.2 Å². The number of piperidine rings is 4. The molecule has 5 fully saturated rings.